The highest BCUT2D eigenvalue weighted by Gasteiger charge is 2.13. The molecule has 7 heteroatoms. The molecule has 1 saturated heterocycles. The third kappa shape index (κ3) is 3.14. The van der Waals surface area contributed by atoms with E-state index >= 15 is 0 Å². The molecular formula is C16H23N7. The van der Waals surface area contributed by atoms with Crippen LogP contribution in [0.25, 0.3) is 10.9 Å². The van der Waals surface area contributed by atoms with E-state index in [4.69, 9.17) is 11.5 Å². The van der Waals surface area contributed by atoms with Crippen molar-refractivity contribution in [2.24, 2.45) is 16.5 Å². The number of nitrogens with one attached hydrogen (secondary N) is 2. The highest BCUT2D eigenvalue weighted by atomic mass is 15.3. The molecule has 122 valence electrons. The molecule has 1 aromatic carbocycles. The smallest absolute Gasteiger partial charge is 0.146 e. The summed E-state index contributed by atoms with van der Waals surface area (Å²) < 4.78 is 0. The van der Waals surface area contributed by atoms with Gasteiger partial charge in [-0.2, -0.15) is 5.10 Å². The van der Waals surface area contributed by atoms with Crippen LogP contribution in [0.2, 0.25) is 0 Å². The van der Waals surface area contributed by atoms with Crippen LogP contribution in [0, 0.1) is 0 Å². The number of fused-ring (bicyclic) bond motifs is 1. The van der Waals surface area contributed by atoms with Crippen LogP contribution in [0.3, 0.4) is 0 Å². The number of aromatic amines is 1. The first kappa shape index (κ1) is 15.4. The number of nitrogens with two attached hydrogens (primary N) is 2. The summed E-state index contributed by atoms with van der Waals surface area (Å²) in [6, 6.07) is 5.93. The van der Waals surface area contributed by atoms with E-state index in [0.717, 1.165) is 54.8 Å². The summed E-state index contributed by atoms with van der Waals surface area (Å²) in [5, 5.41) is 11.7. The molecule has 23 heavy (non-hydrogen) atoms. The molecule has 1 aliphatic rings. The maximum atomic E-state index is 6.21. The Hall–Kier alpha value is -2.54. The average molecular weight is 313 g/mol. The summed E-state index contributed by atoms with van der Waals surface area (Å²) in [5.41, 5.74) is 14.9. The van der Waals surface area contributed by atoms with Crippen molar-refractivity contribution < 1.29 is 0 Å². The van der Waals surface area contributed by atoms with Crippen molar-refractivity contribution in [2.45, 2.75) is 13.3 Å². The zero-order chi connectivity index (χ0) is 16.2. The van der Waals surface area contributed by atoms with Gasteiger partial charge in [0.25, 0.3) is 0 Å². The Morgan fingerprint density at radius 1 is 1.39 bits per heavy atom. The van der Waals surface area contributed by atoms with E-state index in [1.165, 1.54) is 6.20 Å². The lowest BCUT2D eigenvalue weighted by atomic mass is 10.1. The molecule has 0 saturated carbocycles. The van der Waals surface area contributed by atoms with Gasteiger partial charge in [0.1, 0.15) is 11.7 Å². The number of aryl methyl sites for hydroxylation is 1. The largest absolute Gasteiger partial charge is 0.402 e. The maximum absolute atomic E-state index is 6.21. The Balaban J connectivity index is 1.90. The lowest BCUT2D eigenvalue weighted by molar-refractivity contribution is 0.296. The second-order valence-corrected chi connectivity index (χ2v) is 5.55. The fraction of sp³-hybridized carbons (Fsp3) is 0.375. The SMILES string of the molecule is CCc1[nH]nc2ccc(/C(N)=N/C(=C\N)N3CCNCC3)cc12. The molecule has 0 amide bonds. The van der Waals surface area contributed by atoms with Gasteiger partial charge < -0.3 is 21.7 Å². The molecule has 2 aromatic rings. The molecule has 0 bridgehead atoms. The Bertz CT molecular complexity index is 738. The minimum absolute atomic E-state index is 0.463. The maximum Gasteiger partial charge on any atom is 0.146 e. The van der Waals surface area contributed by atoms with Gasteiger partial charge in [0.15, 0.2) is 0 Å². The van der Waals surface area contributed by atoms with Crippen LogP contribution in [0.4, 0.5) is 0 Å². The summed E-state index contributed by atoms with van der Waals surface area (Å²) in [7, 11) is 0. The van der Waals surface area contributed by atoms with E-state index < -0.39 is 0 Å². The van der Waals surface area contributed by atoms with E-state index in [1.807, 2.05) is 18.2 Å². The summed E-state index contributed by atoms with van der Waals surface area (Å²) in [6.07, 6.45) is 2.41. The number of aliphatic imine (C=N–C) groups is 1. The van der Waals surface area contributed by atoms with Gasteiger partial charge in [-0.15, -0.1) is 0 Å². The molecule has 0 atom stereocenters. The lowest BCUT2D eigenvalue weighted by Gasteiger charge is -2.29. The zero-order valence-corrected chi connectivity index (χ0v) is 13.3. The Labute approximate surface area is 135 Å². The van der Waals surface area contributed by atoms with Gasteiger partial charge in [-0.3, -0.25) is 5.10 Å². The van der Waals surface area contributed by atoms with Crippen molar-refractivity contribution in [2.75, 3.05) is 26.2 Å². The standard InChI is InChI=1S/C16H23N7/c1-2-13-12-9-11(3-4-14(12)22-21-13)16(18)20-15(10-17)23-7-5-19-6-8-23/h3-4,9-10,19H,2,5-8,17H2,1H3,(H2,18,20)(H,21,22)/b15-10+. The van der Waals surface area contributed by atoms with Crippen LogP contribution in [0.15, 0.2) is 35.2 Å². The van der Waals surface area contributed by atoms with E-state index in [1.54, 1.807) is 0 Å². The first-order valence-electron chi connectivity index (χ1n) is 7.92. The molecule has 1 aromatic heterocycles. The summed E-state index contributed by atoms with van der Waals surface area (Å²) in [6.45, 7) is 5.69. The molecule has 0 aliphatic carbocycles. The molecule has 7 nitrogen and oxygen atoms in total. The highest BCUT2D eigenvalue weighted by Crippen LogP contribution is 2.18. The van der Waals surface area contributed by atoms with Crippen LogP contribution < -0.4 is 16.8 Å². The van der Waals surface area contributed by atoms with Gasteiger partial charge in [0, 0.05) is 49.0 Å². The molecule has 3 rings (SSSR count). The van der Waals surface area contributed by atoms with Gasteiger partial charge in [-0.05, 0) is 24.6 Å². The van der Waals surface area contributed by atoms with Crippen LogP contribution in [0.5, 0.6) is 0 Å². The predicted molar refractivity (Wildman–Crippen MR) is 92.9 cm³/mol. The summed E-state index contributed by atoms with van der Waals surface area (Å²) in [5.74, 6) is 1.18. The predicted octanol–water partition coefficient (Wildman–Crippen LogP) is 0.493. The first-order valence-corrected chi connectivity index (χ1v) is 7.92. The number of rotatable bonds is 4. The number of amidine groups is 1. The average Bonchev–Trinajstić information content (AvgIpc) is 3.02. The van der Waals surface area contributed by atoms with E-state index in [-0.39, 0.29) is 0 Å². The van der Waals surface area contributed by atoms with Gasteiger partial charge in [-0.1, -0.05) is 6.92 Å². The Morgan fingerprint density at radius 2 is 2.17 bits per heavy atom. The number of hydrogen-bond acceptors (Lipinski definition) is 5. The van der Waals surface area contributed by atoms with Crippen LogP contribution in [-0.4, -0.2) is 47.1 Å². The van der Waals surface area contributed by atoms with Gasteiger partial charge >= 0.3 is 0 Å². The van der Waals surface area contributed by atoms with Gasteiger partial charge in [0.05, 0.1) is 5.52 Å². The van der Waals surface area contributed by atoms with Crippen molar-refractivity contribution in [3.05, 3.63) is 41.5 Å². The van der Waals surface area contributed by atoms with Crippen LogP contribution >= 0.6 is 0 Å². The fourth-order valence-corrected chi connectivity index (χ4v) is 2.79. The molecule has 0 spiro atoms. The zero-order valence-electron chi connectivity index (χ0n) is 13.3. The quantitative estimate of drug-likeness (QED) is 0.485. The number of hydrogen-bond donors (Lipinski definition) is 4. The molecule has 2 heterocycles. The highest BCUT2D eigenvalue weighted by molar-refractivity contribution is 6.01. The molecule has 0 unspecified atom stereocenters. The second-order valence-electron chi connectivity index (χ2n) is 5.55. The van der Waals surface area contributed by atoms with Crippen LogP contribution in [0.1, 0.15) is 18.2 Å². The van der Waals surface area contributed by atoms with E-state index in [0.29, 0.717) is 11.7 Å². The third-order valence-corrected chi connectivity index (χ3v) is 4.11. The summed E-state index contributed by atoms with van der Waals surface area (Å²) in [4.78, 5) is 6.67. The fourth-order valence-electron chi connectivity index (χ4n) is 2.79. The number of benzene rings is 1. The van der Waals surface area contributed by atoms with Crippen LogP contribution in [-0.2, 0) is 6.42 Å². The van der Waals surface area contributed by atoms with Crippen molar-refractivity contribution in [1.29, 1.82) is 0 Å². The summed E-state index contributed by atoms with van der Waals surface area (Å²) >= 11 is 0. The topological polar surface area (TPSA) is 108 Å². The first-order chi connectivity index (χ1) is 11.2. The van der Waals surface area contributed by atoms with Crippen molar-refractivity contribution in [1.82, 2.24) is 20.4 Å². The molecular weight excluding hydrogens is 290 g/mol. The Morgan fingerprint density at radius 3 is 2.87 bits per heavy atom. The number of aromatic nitrogens is 2. The number of piperazine rings is 1. The van der Waals surface area contributed by atoms with Crippen molar-refractivity contribution in [3.63, 3.8) is 0 Å². The normalized spacial score (nSPS) is 17.0. The molecule has 1 fully saturated rings. The van der Waals surface area contributed by atoms with E-state index in [9.17, 15) is 0 Å². The minimum atomic E-state index is 0.463. The lowest BCUT2D eigenvalue weighted by Crippen LogP contribution is -2.43. The number of H-pyrrole nitrogens is 1. The van der Waals surface area contributed by atoms with Gasteiger partial charge in [0.2, 0.25) is 0 Å². The van der Waals surface area contributed by atoms with Crippen molar-refractivity contribution in [3.8, 4) is 0 Å². The molecule has 0 radical (unpaired) electrons. The number of nitrogens with zero attached hydrogens (tertiary/aromatic N) is 3. The van der Waals surface area contributed by atoms with Gasteiger partial charge in [-0.25, -0.2) is 4.99 Å². The monoisotopic (exact) mass is 313 g/mol. The Kier molecular flexibility index (Phi) is 4.47. The van der Waals surface area contributed by atoms with E-state index in [2.05, 4.69) is 32.3 Å². The minimum Gasteiger partial charge on any atom is -0.402 e. The van der Waals surface area contributed by atoms with Crippen molar-refractivity contribution >= 4 is 16.7 Å². The second kappa shape index (κ2) is 6.70. The third-order valence-electron chi connectivity index (χ3n) is 4.11. The molecule has 6 N–H and O–H groups in total. The molecule has 1 aliphatic heterocycles.